The van der Waals surface area contributed by atoms with Crippen LogP contribution in [0.5, 0.6) is 0 Å². The Morgan fingerprint density at radius 1 is 0.920 bits per heavy atom. The largest absolute Gasteiger partial charge is 0.301 e. The molecule has 2 aromatic rings. The van der Waals surface area contributed by atoms with Crippen molar-refractivity contribution in [2.75, 3.05) is 0 Å². The number of nitrogens with zero attached hydrogens (tertiary/aromatic N) is 1. The average molecular weight is 414 g/mol. The maximum Gasteiger partial charge on any atom is 0.301 e. The van der Waals surface area contributed by atoms with Crippen LogP contribution in [0.2, 0.25) is 0 Å². The van der Waals surface area contributed by atoms with Gasteiger partial charge in [-0.2, -0.15) is 25.3 Å². The van der Waals surface area contributed by atoms with Crippen molar-refractivity contribution >= 4 is 30.4 Å². The molecule has 0 unspecified atom stereocenters. The first-order chi connectivity index (χ1) is 11.1. The quantitative estimate of drug-likeness (QED) is 0.459. The third-order valence-electron chi connectivity index (χ3n) is 3.02. The van der Waals surface area contributed by atoms with E-state index in [4.69, 9.17) is 9.11 Å². The number of hydrogen-bond donors (Lipinski definition) is 4. The molecule has 0 aliphatic heterocycles. The summed E-state index contributed by atoms with van der Waals surface area (Å²) < 4.78 is 95.4. The van der Waals surface area contributed by atoms with Crippen molar-refractivity contribution in [1.82, 2.24) is 9.78 Å². The molecule has 0 aliphatic rings. The van der Waals surface area contributed by atoms with Gasteiger partial charge in [0.05, 0.1) is 16.3 Å². The highest BCUT2D eigenvalue weighted by Crippen LogP contribution is 2.23. The van der Waals surface area contributed by atoms with E-state index in [2.05, 4.69) is 5.10 Å². The number of nitrogens with one attached hydrogen (secondary N) is 1. The molecule has 138 valence electrons. The van der Waals surface area contributed by atoms with Crippen LogP contribution < -0.4 is 5.56 Å². The van der Waals surface area contributed by atoms with Crippen molar-refractivity contribution in [2.24, 2.45) is 0 Å². The van der Waals surface area contributed by atoms with Crippen molar-refractivity contribution in [3.8, 4) is 5.69 Å². The summed E-state index contributed by atoms with van der Waals surface area (Å²) in [5, 5.41) is 2.14. The van der Waals surface area contributed by atoms with E-state index < -0.39 is 56.3 Å². The summed E-state index contributed by atoms with van der Waals surface area (Å²) in [7, 11) is -14.8. The second-order valence-electron chi connectivity index (χ2n) is 4.76. The highest BCUT2D eigenvalue weighted by Gasteiger charge is 2.27. The molecule has 0 radical (unpaired) electrons. The lowest BCUT2D eigenvalue weighted by molar-refractivity contribution is 0.477. The van der Waals surface area contributed by atoms with Crippen LogP contribution in [0.25, 0.3) is 5.69 Å². The van der Waals surface area contributed by atoms with Gasteiger partial charge < -0.3 is 0 Å². The molecule has 0 fully saturated rings. The Morgan fingerprint density at radius 2 is 1.48 bits per heavy atom. The molecule has 0 spiro atoms. The van der Waals surface area contributed by atoms with E-state index in [0.717, 1.165) is 6.92 Å². The predicted molar refractivity (Wildman–Crippen MR) is 80.6 cm³/mol. The van der Waals surface area contributed by atoms with E-state index in [-0.39, 0.29) is 10.4 Å². The fraction of sp³-hybridized carbons (Fsp3) is 0.100. The number of aromatic amines is 1. The Bertz CT molecular complexity index is 1230. The zero-order valence-corrected chi connectivity index (χ0v) is 14.6. The minimum absolute atomic E-state index is 0.288. The summed E-state index contributed by atoms with van der Waals surface area (Å²) >= 11 is 0. The molecule has 0 amide bonds. The standard InChI is InChI=1S/C10H10N2O10S3/c1-5-9(25(20,21)22)10(13)12(11-5)7-4-6(23(14,15)16)2-3-8(7)24(17,18)19/h2-4,11H,1H3,(H,14,15,16)(H,17,18,19)(H,20,21,22). The molecule has 1 aromatic heterocycles. The van der Waals surface area contributed by atoms with Crippen molar-refractivity contribution in [2.45, 2.75) is 21.6 Å². The van der Waals surface area contributed by atoms with E-state index in [0.29, 0.717) is 18.2 Å². The number of rotatable bonds is 4. The third-order valence-corrected chi connectivity index (χ3v) is 5.77. The molecule has 0 saturated carbocycles. The lowest BCUT2D eigenvalue weighted by atomic mass is 10.3. The molecule has 0 saturated heterocycles. The van der Waals surface area contributed by atoms with Gasteiger partial charge in [0.1, 0.15) is 4.90 Å². The lowest BCUT2D eigenvalue weighted by Crippen LogP contribution is -2.22. The molecule has 25 heavy (non-hydrogen) atoms. The molecule has 1 aromatic carbocycles. The van der Waals surface area contributed by atoms with Crippen LogP contribution in [0.3, 0.4) is 0 Å². The second-order valence-corrected chi connectivity index (χ2v) is 8.93. The van der Waals surface area contributed by atoms with Gasteiger partial charge in [-0.15, -0.1) is 0 Å². The Morgan fingerprint density at radius 3 is 1.88 bits per heavy atom. The molecular weight excluding hydrogens is 404 g/mol. The van der Waals surface area contributed by atoms with Crippen LogP contribution >= 0.6 is 0 Å². The summed E-state index contributed by atoms with van der Waals surface area (Å²) in [6.45, 7) is 1.07. The lowest BCUT2D eigenvalue weighted by Gasteiger charge is -2.09. The van der Waals surface area contributed by atoms with Gasteiger partial charge in [-0.05, 0) is 25.1 Å². The summed E-state index contributed by atoms with van der Waals surface area (Å²) in [5.74, 6) is 0. The van der Waals surface area contributed by atoms with Crippen molar-refractivity contribution in [1.29, 1.82) is 0 Å². The van der Waals surface area contributed by atoms with Crippen LogP contribution in [0.15, 0.2) is 37.7 Å². The summed E-state index contributed by atoms with van der Waals surface area (Å²) in [5.41, 5.74) is -2.61. The minimum Gasteiger partial charge on any atom is -0.294 e. The number of H-pyrrole nitrogens is 1. The number of aryl methyl sites for hydroxylation is 1. The van der Waals surface area contributed by atoms with E-state index in [1.807, 2.05) is 0 Å². The summed E-state index contributed by atoms with van der Waals surface area (Å²) in [6, 6.07) is 1.75. The molecule has 0 bridgehead atoms. The zero-order chi connectivity index (χ0) is 19.4. The van der Waals surface area contributed by atoms with Crippen LogP contribution in [0.1, 0.15) is 5.69 Å². The molecule has 15 heteroatoms. The van der Waals surface area contributed by atoms with Gasteiger partial charge >= 0.3 is 10.1 Å². The summed E-state index contributed by atoms with van der Waals surface area (Å²) in [6.07, 6.45) is 0. The molecule has 1 heterocycles. The van der Waals surface area contributed by atoms with E-state index in [1.54, 1.807) is 0 Å². The molecule has 12 nitrogen and oxygen atoms in total. The maximum absolute atomic E-state index is 12.2. The molecular formula is C10H10N2O10S3. The molecule has 0 atom stereocenters. The van der Waals surface area contributed by atoms with Gasteiger partial charge in [-0.25, -0.2) is 4.68 Å². The van der Waals surface area contributed by atoms with E-state index >= 15 is 0 Å². The average Bonchev–Trinajstić information content (AvgIpc) is 2.70. The van der Waals surface area contributed by atoms with Gasteiger partial charge in [0.15, 0.2) is 4.90 Å². The number of benzene rings is 1. The van der Waals surface area contributed by atoms with E-state index in [9.17, 15) is 34.6 Å². The first kappa shape index (κ1) is 19.3. The van der Waals surface area contributed by atoms with Crippen LogP contribution in [0.4, 0.5) is 0 Å². The third kappa shape index (κ3) is 3.65. The Hall–Kier alpha value is -2.04. The fourth-order valence-electron chi connectivity index (χ4n) is 2.06. The number of aromatic nitrogens is 2. The molecule has 2 rings (SSSR count). The fourth-order valence-corrected chi connectivity index (χ4v) is 3.95. The van der Waals surface area contributed by atoms with Crippen molar-refractivity contribution < 1.29 is 38.9 Å². The van der Waals surface area contributed by atoms with Crippen molar-refractivity contribution in [3.05, 3.63) is 34.2 Å². The van der Waals surface area contributed by atoms with Gasteiger partial charge in [0, 0.05) is 0 Å². The van der Waals surface area contributed by atoms with Gasteiger partial charge in [-0.3, -0.25) is 23.6 Å². The SMILES string of the molecule is Cc1[nH]n(-c2cc(S(=O)(=O)O)ccc2S(=O)(=O)O)c(=O)c1S(=O)(=O)O. The highest BCUT2D eigenvalue weighted by molar-refractivity contribution is 7.86. The topological polar surface area (TPSA) is 201 Å². The van der Waals surface area contributed by atoms with Crippen LogP contribution in [-0.2, 0) is 30.4 Å². The Labute approximate surface area is 141 Å². The zero-order valence-electron chi connectivity index (χ0n) is 12.1. The Balaban J connectivity index is 2.99. The second kappa shape index (κ2) is 5.75. The Kier molecular flexibility index (Phi) is 4.44. The predicted octanol–water partition coefficient (Wildman–Crippen LogP) is -0.786. The number of hydrogen-bond acceptors (Lipinski definition) is 7. The molecule has 4 N–H and O–H groups in total. The summed E-state index contributed by atoms with van der Waals surface area (Å²) in [4.78, 5) is 9.29. The maximum atomic E-state index is 12.2. The van der Waals surface area contributed by atoms with Crippen molar-refractivity contribution in [3.63, 3.8) is 0 Å². The highest BCUT2D eigenvalue weighted by atomic mass is 32.2. The smallest absolute Gasteiger partial charge is 0.294 e. The first-order valence-corrected chi connectivity index (χ1v) is 10.3. The van der Waals surface area contributed by atoms with Crippen LogP contribution in [0, 0.1) is 6.92 Å². The first-order valence-electron chi connectivity index (χ1n) is 6.02. The van der Waals surface area contributed by atoms with Gasteiger partial charge in [0.2, 0.25) is 0 Å². The molecule has 0 aliphatic carbocycles. The van der Waals surface area contributed by atoms with Crippen LogP contribution in [-0.4, -0.2) is 48.7 Å². The van der Waals surface area contributed by atoms with Gasteiger partial charge in [-0.1, -0.05) is 0 Å². The monoisotopic (exact) mass is 414 g/mol. The van der Waals surface area contributed by atoms with E-state index in [1.165, 1.54) is 0 Å². The minimum atomic E-state index is -4.98. The normalized spacial score (nSPS) is 13.1. The van der Waals surface area contributed by atoms with Gasteiger partial charge in [0.25, 0.3) is 25.8 Å².